The Balaban J connectivity index is 2.13. The fraction of sp³-hybridized carbons (Fsp3) is 0.833. The van der Waals surface area contributed by atoms with E-state index in [0.29, 0.717) is 6.04 Å². The maximum Gasteiger partial charge on any atom is 0.134 e. The summed E-state index contributed by atoms with van der Waals surface area (Å²) in [7, 11) is 1.98. The van der Waals surface area contributed by atoms with E-state index in [0.717, 1.165) is 24.6 Å². The molecule has 90 valence electrons. The maximum atomic E-state index is 4.30. The Morgan fingerprint density at radius 1 is 1.25 bits per heavy atom. The number of hydrogen-bond donors (Lipinski definition) is 1. The molecule has 0 aromatic carbocycles. The Bertz CT molecular complexity index is 326. The molecule has 0 atom stereocenters. The van der Waals surface area contributed by atoms with Gasteiger partial charge in [0.2, 0.25) is 0 Å². The van der Waals surface area contributed by atoms with Crippen molar-refractivity contribution in [3.8, 4) is 0 Å². The van der Waals surface area contributed by atoms with Crippen LogP contribution < -0.4 is 5.32 Å². The first kappa shape index (κ1) is 11.6. The van der Waals surface area contributed by atoms with Gasteiger partial charge >= 0.3 is 0 Å². The highest BCUT2D eigenvalue weighted by molar-refractivity contribution is 4.98. The molecule has 0 saturated heterocycles. The molecule has 1 aromatic rings. The van der Waals surface area contributed by atoms with Gasteiger partial charge < -0.3 is 9.88 Å². The van der Waals surface area contributed by atoms with Crippen molar-refractivity contribution in [2.45, 2.75) is 51.5 Å². The highest BCUT2D eigenvalue weighted by Crippen LogP contribution is 2.29. The second-order valence-electron chi connectivity index (χ2n) is 4.68. The third-order valence-corrected chi connectivity index (χ3v) is 3.48. The van der Waals surface area contributed by atoms with Crippen molar-refractivity contribution in [1.29, 1.82) is 0 Å². The number of nitrogens with one attached hydrogen (secondary N) is 1. The van der Waals surface area contributed by atoms with Crippen LogP contribution in [0.4, 0.5) is 0 Å². The predicted octanol–water partition coefficient (Wildman–Crippen LogP) is 1.85. The van der Waals surface area contributed by atoms with Gasteiger partial charge in [0.05, 0.1) is 0 Å². The minimum absolute atomic E-state index is 0.649. The molecule has 0 bridgehead atoms. The summed E-state index contributed by atoms with van der Waals surface area (Å²) in [5.41, 5.74) is 0. The summed E-state index contributed by atoms with van der Waals surface area (Å²) < 4.78 is 2.37. The van der Waals surface area contributed by atoms with Crippen LogP contribution in [0.1, 0.15) is 49.8 Å². The first-order chi connectivity index (χ1) is 7.83. The molecule has 1 aliphatic rings. The van der Waals surface area contributed by atoms with Crippen molar-refractivity contribution >= 4 is 0 Å². The van der Waals surface area contributed by atoms with Crippen molar-refractivity contribution in [2.24, 2.45) is 0 Å². The molecule has 16 heavy (non-hydrogen) atoms. The third kappa shape index (κ3) is 2.43. The van der Waals surface area contributed by atoms with Crippen LogP contribution in [0.15, 0.2) is 0 Å². The van der Waals surface area contributed by atoms with E-state index < -0.39 is 0 Å². The van der Waals surface area contributed by atoms with E-state index in [4.69, 9.17) is 0 Å². The molecule has 4 heteroatoms. The summed E-state index contributed by atoms with van der Waals surface area (Å²) in [4.78, 5) is 0. The summed E-state index contributed by atoms with van der Waals surface area (Å²) in [6.45, 7) is 3.05. The fourth-order valence-electron chi connectivity index (χ4n) is 2.63. The highest BCUT2D eigenvalue weighted by atomic mass is 15.3. The van der Waals surface area contributed by atoms with Gasteiger partial charge in [-0.1, -0.05) is 19.3 Å². The van der Waals surface area contributed by atoms with Gasteiger partial charge in [0.25, 0.3) is 0 Å². The molecule has 0 unspecified atom stereocenters. The second-order valence-corrected chi connectivity index (χ2v) is 4.68. The van der Waals surface area contributed by atoms with Crippen LogP contribution in [-0.2, 0) is 6.42 Å². The lowest BCUT2D eigenvalue weighted by Crippen LogP contribution is -2.19. The Kier molecular flexibility index (Phi) is 3.93. The Morgan fingerprint density at radius 3 is 2.69 bits per heavy atom. The summed E-state index contributed by atoms with van der Waals surface area (Å²) in [6.07, 6.45) is 7.68. The van der Waals surface area contributed by atoms with E-state index in [1.54, 1.807) is 0 Å². The van der Waals surface area contributed by atoms with Crippen molar-refractivity contribution in [3.63, 3.8) is 0 Å². The normalized spacial score (nSPS) is 17.9. The average molecular weight is 222 g/mol. The molecular formula is C12H22N4. The van der Waals surface area contributed by atoms with E-state index in [1.807, 2.05) is 7.05 Å². The zero-order valence-corrected chi connectivity index (χ0v) is 10.4. The summed E-state index contributed by atoms with van der Waals surface area (Å²) in [6, 6.07) is 0.649. The smallest absolute Gasteiger partial charge is 0.134 e. The third-order valence-electron chi connectivity index (χ3n) is 3.48. The van der Waals surface area contributed by atoms with E-state index in [2.05, 4.69) is 27.0 Å². The Labute approximate surface area is 97.5 Å². The molecule has 2 rings (SSSR count). The summed E-state index contributed by atoms with van der Waals surface area (Å²) in [5, 5.41) is 11.7. The van der Waals surface area contributed by atoms with Crippen LogP contribution in [0.5, 0.6) is 0 Å². The number of rotatable bonds is 4. The number of aromatic nitrogens is 3. The Morgan fingerprint density at radius 2 is 2.00 bits per heavy atom. The van der Waals surface area contributed by atoms with E-state index in [-0.39, 0.29) is 0 Å². The van der Waals surface area contributed by atoms with Crippen LogP contribution in [0, 0.1) is 6.92 Å². The number of likely N-dealkylation sites (N-methyl/N-ethyl adjacent to an activating group) is 1. The lowest BCUT2D eigenvalue weighted by atomic mass is 9.95. The standard InChI is InChI=1S/C12H22N4/c1-10-14-15-12(8-9-13-2)16(10)11-6-4-3-5-7-11/h11,13H,3-9H2,1-2H3. The van der Waals surface area contributed by atoms with Gasteiger partial charge in [0, 0.05) is 19.0 Å². The molecule has 1 aromatic heterocycles. The highest BCUT2D eigenvalue weighted by Gasteiger charge is 2.20. The molecule has 1 aliphatic carbocycles. The quantitative estimate of drug-likeness (QED) is 0.845. The van der Waals surface area contributed by atoms with Crippen molar-refractivity contribution in [2.75, 3.05) is 13.6 Å². The monoisotopic (exact) mass is 222 g/mol. The van der Waals surface area contributed by atoms with Crippen molar-refractivity contribution in [3.05, 3.63) is 11.6 Å². The zero-order chi connectivity index (χ0) is 11.4. The largest absolute Gasteiger partial charge is 0.319 e. The number of aryl methyl sites for hydroxylation is 1. The van der Waals surface area contributed by atoms with Gasteiger partial charge in [0.15, 0.2) is 0 Å². The zero-order valence-electron chi connectivity index (χ0n) is 10.4. The lowest BCUT2D eigenvalue weighted by molar-refractivity contribution is 0.340. The van der Waals surface area contributed by atoms with Gasteiger partial charge in [-0.15, -0.1) is 10.2 Å². The van der Waals surface area contributed by atoms with Crippen LogP contribution >= 0.6 is 0 Å². The summed E-state index contributed by atoms with van der Waals surface area (Å²) >= 11 is 0. The molecule has 1 saturated carbocycles. The second kappa shape index (κ2) is 5.43. The lowest BCUT2D eigenvalue weighted by Gasteiger charge is -2.25. The predicted molar refractivity (Wildman–Crippen MR) is 64.5 cm³/mol. The molecule has 0 amide bonds. The molecule has 1 N–H and O–H groups in total. The van der Waals surface area contributed by atoms with E-state index in [1.165, 1.54) is 32.1 Å². The van der Waals surface area contributed by atoms with Gasteiger partial charge in [-0.25, -0.2) is 0 Å². The molecular weight excluding hydrogens is 200 g/mol. The van der Waals surface area contributed by atoms with E-state index in [9.17, 15) is 0 Å². The number of hydrogen-bond acceptors (Lipinski definition) is 3. The van der Waals surface area contributed by atoms with Crippen LogP contribution in [-0.4, -0.2) is 28.4 Å². The van der Waals surface area contributed by atoms with Crippen LogP contribution in [0.2, 0.25) is 0 Å². The first-order valence-corrected chi connectivity index (χ1v) is 6.38. The molecule has 0 radical (unpaired) electrons. The van der Waals surface area contributed by atoms with Gasteiger partial charge in [-0.3, -0.25) is 0 Å². The maximum absolute atomic E-state index is 4.30. The molecule has 4 nitrogen and oxygen atoms in total. The van der Waals surface area contributed by atoms with Gasteiger partial charge in [-0.2, -0.15) is 0 Å². The molecule has 1 fully saturated rings. The Hall–Kier alpha value is -0.900. The van der Waals surface area contributed by atoms with Crippen LogP contribution in [0.3, 0.4) is 0 Å². The number of nitrogens with zero attached hydrogens (tertiary/aromatic N) is 3. The molecule has 1 heterocycles. The average Bonchev–Trinajstić information content (AvgIpc) is 2.69. The summed E-state index contributed by atoms with van der Waals surface area (Å²) in [5.74, 6) is 2.23. The molecule has 0 aliphatic heterocycles. The first-order valence-electron chi connectivity index (χ1n) is 6.38. The van der Waals surface area contributed by atoms with Crippen molar-refractivity contribution < 1.29 is 0 Å². The SMILES string of the molecule is CNCCc1nnc(C)n1C1CCCCC1. The van der Waals surface area contributed by atoms with Gasteiger partial charge in [-0.05, 0) is 26.8 Å². The van der Waals surface area contributed by atoms with Crippen LogP contribution in [0.25, 0.3) is 0 Å². The molecule has 0 spiro atoms. The van der Waals surface area contributed by atoms with Crippen molar-refractivity contribution in [1.82, 2.24) is 20.1 Å². The minimum atomic E-state index is 0.649. The minimum Gasteiger partial charge on any atom is -0.319 e. The topological polar surface area (TPSA) is 42.7 Å². The fourth-order valence-corrected chi connectivity index (χ4v) is 2.63. The van der Waals surface area contributed by atoms with Gasteiger partial charge in [0.1, 0.15) is 11.6 Å². The van der Waals surface area contributed by atoms with E-state index >= 15 is 0 Å².